The molecule has 0 aliphatic carbocycles. The van der Waals surface area contributed by atoms with Crippen LogP contribution in [0.3, 0.4) is 0 Å². The Hall–Kier alpha value is -3.46. The molecule has 0 spiro atoms. The van der Waals surface area contributed by atoms with Crippen LogP contribution in [0.4, 0.5) is 0 Å². The Morgan fingerprint density at radius 1 is 1.04 bits per heavy atom. The van der Waals surface area contributed by atoms with E-state index in [1.165, 1.54) is 0 Å². The van der Waals surface area contributed by atoms with Crippen LogP contribution in [0.15, 0.2) is 60.9 Å². The van der Waals surface area contributed by atoms with Crippen molar-refractivity contribution >= 4 is 10.9 Å². The summed E-state index contributed by atoms with van der Waals surface area (Å²) in [5, 5.41) is 23.0. The fourth-order valence-corrected chi connectivity index (χ4v) is 2.87. The van der Waals surface area contributed by atoms with Gasteiger partial charge < -0.3 is 0 Å². The number of rotatable bonds is 5. The topological polar surface area (TPSA) is 72.3 Å². The third kappa shape index (κ3) is 3.12. The van der Waals surface area contributed by atoms with Crippen molar-refractivity contribution in [3.05, 3.63) is 66.5 Å². The Morgan fingerprint density at radius 2 is 1.96 bits per heavy atom. The number of hydrogen-bond donors (Lipinski definition) is 0. The monoisotopic (exact) mass is 328 g/mol. The highest BCUT2D eigenvalue weighted by Crippen LogP contribution is 2.17. The normalized spacial score (nSPS) is 10.8. The Bertz CT molecular complexity index is 1050. The second kappa shape index (κ2) is 6.57. The van der Waals surface area contributed by atoms with E-state index in [0.29, 0.717) is 5.56 Å². The Labute approximate surface area is 144 Å². The van der Waals surface area contributed by atoms with E-state index in [0.717, 1.165) is 41.7 Å². The van der Waals surface area contributed by atoms with Crippen molar-refractivity contribution in [2.24, 2.45) is 0 Å². The van der Waals surface area contributed by atoms with Crippen LogP contribution < -0.4 is 0 Å². The lowest BCUT2D eigenvalue weighted by Crippen LogP contribution is -2.05. The molecule has 6 nitrogen and oxygen atoms in total. The summed E-state index contributed by atoms with van der Waals surface area (Å²) in [5.41, 5.74) is 3.46. The van der Waals surface area contributed by atoms with Crippen molar-refractivity contribution in [1.82, 2.24) is 24.8 Å². The van der Waals surface area contributed by atoms with Gasteiger partial charge in [-0.1, -0.05) is 35.5 Å². The van der Waals surface area contributed by atoms with Gasteiger partial charge in [0.25, 0.3) is 0 Å². The molecule has 0 saturated heterocycles. The molecule has 25 heavy (non-hydrogen) atoms. The highest BCUT2D eigenvalue weighted by molar-refractivity contribution is 5.78. The molecular formula is C19H16N6. The fraction of sp³-hybridized carbons (Fsp3) is 0.158. The maximum Gasteiger partial charge on any atom is 0.113 e. The summed E-state index contributed by atoms with van der Waals surface area (Å²) in [6.45, 7) is 1.59. The lowest BCUT2D eigenvalue weighted by Gasteiger charge is -2.03. The van der Waals surface area contributed by atoms with Gasteiger partial charge in [0.05, 0.1) is 29.5 Å². The SMILES string of the molecule is N#Cc1cccc(-c2cn(CCCn3ncc4ccccc43)nn2)c1. The standard InChI is InChI=1S/C19H16N6/c20-12-15-5-3-7-16(11-15)18-14-24(23-22-18)9-4-10-25-19-8-2-1-6-17(19)13-21-25/h1-3,5-8,11,13-14H,4,9-10H2. The zero-order valence-corrected chi connectivity index (χ0v) is 13.6. The maximum absolute atomic E-state index is 9.00. The summed E-state index contributed by atoms with van der Waals surface area (Å²) in [4.78, 5) is 0. The summed E-state index contributed by atoms with van der Waals surface area (Å²) in [6, 6.07) is 17.7. The molecule has 4 rings (SSSR count). The summed E-state index contributed by atoms with van der Waals surface area (Å²) in [5.74, 6) is 0. The first-order valence-corrected chi connectivity index (χ1v) is 8.15. The van der Waals surface area contributed by atoms with Gasteiger partial charge in [0.15, 0.2) is 0 Å². The van der Waals surface area contributed by atoms with Crippen LogP contribution >= 0.6 is 0 Å². The van der Waals surface area contributed by atoms with E-state index in [2.05, 4.69) is 33.6 Å². The van der Waals surface area contributed by atoms with Gasteiger partial charge >= 0.3 is 0 Å². The minimum atomic E-state index is 0.623. The van der Waals surface area contributed by atoms with E-state index in [1.54, 1.807) is 6.07 Å². The predicted molar refractivity (Wildman–Crippen MR) is 94.5 cm³/mol. The Morgan fingerprint density at radius 3 is 2.88 bits per heavy atom. The molecule has 0 aliphatic rings. The Balaban J connectivity index is 1.42. The van der Waals surface area contributed by atoms with Crippen molar-refractivity contribution in [2.45, 2.75) is 19.5 Å². The molecule has 0 bridgehead atoms. The third-order valence-corrected chi connectivity index (χ3v) is 4.13. The Kier molecular flexibility index (Phi) is 3.97. The number of aryl methyl sites for hydroxylation is 2. The van der Waals surface area contributed by atoms with Gasteiger partial charge in [-0.05, 0) is 24.6 Å². The van der Waals surface area contributed by atoms with Crippen molar-refractivity contribution in [3.8, 4) is 17.3 Å². The first kappa shape index (κ1) is 15.1. The lowest BCUT2D eigenvalue weighted by atomic mass is 10.1. The minimum Gasteiger partial charge on any atom is -0.265 e. The van der Waals surface area contributed by atoms with Gasteiger partial charge in [-0.3, -0.25) is 9.36 Å². The summed E-state index contributed by atoms with van der Waals surface area (Å²) in [6.07, 6.45) is 4.72. The molecule has 0 unspecified atom stereocenters. The smallest absolute Gasteiger partial charge is 0.113 e. The molecule has 0 fully saturated rings. The highest BCUT2D eigenvalue weighted by Gasteiger charge is 2.06. The van der Waals surface area contributed by atoms with E-state index in [-0.39, 0.29) is 0 Å². The first-order chi connectivity index (χ1) is 12.3. The van der Waals surface area contributed by atoms with Gasteiger partial charge in [-0.2, -0.15) is 10.4 Å². The molecule has 4 aromatic rings. The van der Waals surface area contributed by atoms with Crippen LogP contribution in [0.25, 0.3) is 22.2 Å². The van der Waals surface area contributed by atoms with E-state index >= 15 is 0 Å². The molecule has 0 radical (unpaired) electrons. The summed E-state index contributed by atoms with van der Waals surface area (Å²) < 4.78 is 3.85. The van der Waals surface area contributed by atoms with E-state index < -0.39 is 0 Å². The number of nitriles is 1. The van der Waals surface area contributed by atoms with Crippen molar-refractivity contribution in [3.63, 3.8) is 0 Å². The second-order valence-electron chi connectivity index (χ2n) is 5.84. The molecule has 0 saturated carbocycles. The van der Waals surface area contributed by atoms with Crippen LogP contribution in [0, 0.1) is 11.3 Å². The lowest BCUT2D eigenvalue weighted by molar-refractivity contribution is 0.499. The van der Waals surface area contributed by atoms with Crippen molar-refractivity contribution in [2.75, 3.05) is 0 Å². The predicted octanol–water partition coefficient (Wildman–Crippen LogP) is 3.26. The van der Waals surface area contributed by atoms with Gasteiger partial charge in [0, 0.05) is 24.0 Å². The van der Waals surface area contributed by atoms with Crippen LogP contribution in [-0.2, 0) is 13.1 Å². The number of benzene rings is 2. The number of aromatic nitrogens is 5. The van der Waals surface area contributed by atoms with E-state index in [1.807, 2.05) is 52.1 Å². The van der Waals surface area contributed by atoms with Crippen molar-refractivity contribution in [1.29, 1.82) is 5.26 Å². The molecule has 2 heterocycles. The molecule has 0 N–H and O–H groups in total. The molecular weight excluding hydrogens is 312 g/mol. The maximum atomic E-state index is 9.00. The number of fused-ring (bicyclic) bond motifs is 1. The van der Waals surface area contributed by atoms with Gasteiger partial charge in [-0.15, -0.1) is 5.10 Å². The summed E-state index contributed by atoms with van der Waals surface area (Å²) >= 11 is 0. The van der Waals surface area contributed by atoms with Crippen molar-refractivity contribution < 1.29 is 0 Å². The molecule has 122 valence electrons. The average Bonchev–Trinajstić information content (AvgIpc) is 3.29. The molecule has 0 atom stereocenters. The average molecular weight is 328 g/mol. The van der Waals surface area contributed by atoms with Crippen LogP contribution in [0.5, 0.6) is 0 Å². The van der Waals surface area contributed by atoms with Crippen LogP contribution in [-0.4, -0.2) is 24.8 Å². The summed E-state index contributed by atoms with van der Waals surface area (Å²) in [7, 11) is 0. The molecule has 0 aliphatic heterocycles. The van der Waals surface area contributed by atoms with Gasteiger partial charge in [0.2, 0.25) is 0 Å². The van der Waals surface area contributed by atoms with Crippen LogP contribution in [0.1, 0.15) is 12.0 Å². The second-order valence-corrected chi connectivity index (χ2v) is 5.84. The molecule has 6 heteroatoms. The van der Waals surface area contributed by atoms with Crippen LogP contribution in [0.2, 0.25) is 0 Å². The molecule has 2 aromatic carbocycles. The van der Waals surface area contributed by atoms with Gasteiger partial charge in [0.1, 0.15) is 5.69 Å². The highest BCUT2D eigenvalue weighted by atomic mass is 15.4. The minimum absolute atomic E-state index is 0.623. The quantitative estimate of drug-likeness (QED) is 0.564. The third-order valence-electron chi connectivity index (χ3n) is 4.13. The van der Waals surface area contributed by atoms with Gasteiger partial charge in [-0.25, -0.2) is 0 Å². The largest absolute Gasteiger partial charge is 0.265 e. The number of nitrogens with zero attached hydrogens (tertiary/aromatic N) is 6. The zero-order chi connectivity index (χ0) is 17.1. The van der Waals surface area contributed by atoms with E-state index in [9.17, 15) is 0 Å². The fourth-order valence-electron chi connectivity index (χ4n) is 2.87. The number of para-hydroxylation sites is 1. The molecule has 0 amide bonds. The molecule has 2 aromatic heterocycles. The number of hydrogen-bond acceptors (Lipinski definition) is 4. The zero-order valence-electron chi connectivity index (χ0n) is 13.6. The first-order valence-electron chi connectivity index (χ1n) is 8.15. The van der Waals surface area contributed by atoms with E-state index in [4.69, 9.17) is 5.26 Å².